The summed E-state index contributed by atoms with van der Waals surface area (Å²) >= 11 is 23.1. The number of halogens is 10. The van der Waals surface area contributed by atoms with Crippen LogP contribution in [-0.4, -0.2) is 133 Å². The third kappa shape index (κ3) is 18.6. The number of ether oxygens (including phenoxy) is 8. The second-order valence-corrected chi connectivity index (χ2v) is 27.9. The lowest BCUT2D eigenvalue weighted by molar-refractivity contribution is -0.153. The van der Waals surface area contributed by atoms with E-state index in [1.165, 1.54) is 48.5 Å². The van der Waals surface area contributed by atoms with Gasteiger partial charge in [0.15, 0.2) is 0 Å². The zero-order chi connectivity index (χ0) is 82.4. The molecule has 0 fully saturated rings. The lowest BCUT2D eigenvalue weighted by atomic mass is 9.80. The Morgan fingerprint density at radius 2 is 0.588 bits per heavy atom. The Labute approximate surface area is 665 Å². The number of carbonyl (C=O) groups is 10. The highest BCUT2D eigenvalue weighted by molar-refractivity contribution is 6.46. The third-order valence-corrected chi connectivity index (χ3v) is 18.7. The average Bonchev–Trinajstić information content (AvgIpc) is 0.670. The first-order valence-electron chi connectivity index (χ1n) is 35.1. The van der Waals surface area contributed by atoms with Crippen LogP contribution in [0.3, 0.4) is 0 Å². The number of carbonyl (C=O) groups excluding carboxylic acids is 10. The van der Waals surface area contributed by atoms with E-state index in [0.29, 0.717) is 22.3 Å². The maximum atomic E-state index is 16.0. The van der Waals surface area contributed by atoms with Crippen LogP contribution >= 0.6 is 46.4 Å². The summed E-state index contributed by atoms with van der Waals surface area (Å²) in [5, 5.41) is 1.35. The molecule has 6 amide bonds. The van der Waals surface area contributed by atoms with Gasteiger partial charge in [0.2, 0.25) is 11.8 Å². The summed E-state index contributed by atoms with van der Waals surface area (Å²) in [5.74, 6) is -14.0. The van der Waals surface area contributed by atoms with Gasteiger partial charge in [0.05, 0.1) is 61.5 Å². The van der Waals surface area contributed by atoms with Gasteiger partial charge in [0.1, 0.15) is 78.2 Å². The summed E-state index contributed by atoms with van der Waals surface area (Å²) < 4.78 is 139. The smallest absolute Gasteiger partial charge is 0.391 e. The van der Waals surface area contributed by atoms with Gasteiger partial charge >= 0.3 is 36.2 Å². The van der Waals surface area contributed by atoms with Crippen molar-refractivity contribution < 1.29 is 112 Å². The Morgan fingerprint density at radius 1 is 0.368 bits per heavy atom. The highest BCUT2D eigenvalue weighted by atomic mass is 35.5. The predicted octanol–water partition coefficient (Wildman–Crippen LogP) is 17.1. The second-order valence-electron chi connectivity index (χ2n) is 26.0. The molecular formula is C82H66Cl4F6N4O18. The Hall–Kier alpha value is -11.7. The molecular weight excluding hydrogens is 1580 g/mol. The highest BCUT2D eigenvalue weighted by Gasteiger charge is 2.50. The molecule has 2 aliphatic rings. The van der Waals surface area contributed by atoms with E-state index < -0.39 is 142 Å². The zero-order valence-electron chi connectivity index (χ0n) is 60.5. The number of hydrogen-bond acceptors (Lipinski definition) is 18. The van der Waals surface area contributed by atoms with Crippen molar-refractivity contribution in [1.29, 1.82) is 0 Å². The van der Waals surface area contributed by atoms with Gasteiger partial charge in [-0.15, -0.1) is 0 Å². The normalized spacial score (nSPS) is 13.2. The van der Waals surface area contributed by atoms with E-state index in [0.717, 1.165) is 24.3 Å². The molecule has 114 heavy (non-hydrogen) atoms. The van der Waals surface area contributed by atoms with Crippen molar-refractivity contribution in [2.24, 2.45) is 0 Å². The van der Waals surface area contributed by atoms with E-state index >= 15 is 45.5 Å². The fraction of sp³-hybridized carbons (Fsp3) is 0.244. The molecule has 32 heteroatoms. The molecule has 2 atom stereocenters. The Balaban J connectivity index is 1.29. The van der Waals surface area contributed by atoms with Crippen LogP contribution in [-0.2, 0) is 73.4 Å². The van der Waals surface area contributed by atoms with Gasteiger partial charge in [-0.2, -0.15) is 26.3 Å². The zero-order valence-corrected chi connectivity index (χ0v) is 63.5. The average molecular weight is 1650 g/mol. The number of nitrogens with one attached hydrogen (secondary N) is 2. The summed E-state index contributed by atoms with van der Waals surface area (Å²) in [7, 11) is 0. The molecule has 0 saturated carbocycles. The molecule has 0 aliphatic carbocycles. The van der Waals surface area contributed by atoms with E-state index in [9.17, 15) is 28.8 Å². The van der Waals surface area contributed by atoms with Gasteiger partial charge in [0.25, 0.3) is 23.6 Å². The first-order valence-corrected chi connectivity index (χ1v) is 36.6. The molecule has 11 rings (SSSR count). The lowest BCUT2D eigenvalue weighted by Crippen LogP contribution is -2.55. The molecule has 9 aromatic rings. The van der Waals surface area contributed by atoms with Crippen molar-refractivity contribution in [2.45, 2.75) is 89.7 Å². The van der Waals surface area contributed by atoms with Crippen LogP contribution in [0.2, 0.25) is 0 Å². The maximum Gasteiger partial charge on any atom is 0.391 e. The van der Waals surface area contributed by atoms with Gasteiger partial charge in [-0.3, -0.25) is 38.6 Å². The highest BCUT2D eigenvalue weighted by Crippen LogP contribution is 2.58. The van der Waals surface area contributed by atoms with E-state index in [2.05, 4.69) is 36.9 Å². The fourth-order valence-corrected chi connectivity index (χ4v) is 13.2. The lowest BCUT2D eigenvalue weighted by Gasteiger charge is -2.36. The Morgan fingerprint density at radius 3 is 0.781 bits per heavy atom. The largest absolute Gasteiger partial charge is 0.461 e. The van der Waals surface area contributed by atoms with Crippen LogP contribution in [0.15, 0.2) is 168 Å². The molecule has 22 nitrogen and oxygen atoms in total. The van der Waals surface area contributed by atoms with E-state index in [-0.39, 0.29) is 174 Å². The van der Waals surface area contributed by atoms with Crippen molar-refractivity contribution in [3.05, 3.63) is 212 Å². The molecule has 9 aromatic carbocycles. The first kappa shape index (κ1) is 83.2. The van der Waals surface area contributed by atoms with Crippen LogP contribution in [0.5, 0.6) is 46.0 Å². The number of nitrogens with zero attached hydrogens (tertiary/aromatic N) is 2. The number of rotatable bonds is 34. The molecule has 2 N–H and O–H groups in total. The monoisotopic (exact) mass is 1650 g/mol. The summed E-state index contributed by atoms with van der Waals surface area (Å²) in [5.41, 5.74) is -0.0895. The summed E-state index contributed by atoms with van der Waals surface area (Å²) in [6.45, 7) is 15.6. The molecule has 2 unspecified atom stereocenters. The minimum Gasteiger partial charge on any atom is -0.461 e. The van der Waals surface area contributed by atoms with Crippen LogP contribution in [0.1, 0.15) is 103 Å². The van der Waals surface area contributed by atoms with Crippen LogP contribution < -0.4 is 29.6 Å². The quantitative estimate of drug-likeness (QED) is 0.00721. The van der Waals surface area contributed by atoms with Crippen molar-refractivity contribution in [3.8, 4) is 46.0 Å². The molecule has 592 valence electrons. The van der Waals surface area contributed by atoms with Gasteiger partial charge in [-0.05, 0) is 108 Å². The Bertz CT molecular complexity index is 4810. The molecule has 2 heterocycles. The first-order chi connectivity index (χ1) is 54.1. The van der Waals surface area contributed by atoms with Crippen LogP contribution in [0.4, 0.5) is 26.3 Å². The number of esters is 4. The van der Waals surface area contributed by atoms with Gasteiger partial charge < -0.3 is 48.5 Å². The number of imide groups is 2. The van der Waals surface area contributed by atoms with E-state index in [4.69, 9.17) is 84.3 Å². The van der Waals surface area contributed by atoms with Gasteiger partial charge in [0, 0.05) is 81.9 Å². The summed E-state index contributed by atoms with van der Waals surface area (Å²) in [6, 6.07) is 23.2. The number of fused-ring (bicyclic) bond motifs is 2. The van der Waals surface area contributed by atoms with Crippen molar-refractivity contribution in [2.75, 3.05) is 39.5 Å². The minimum absolute atomic E-state index is 0.0600. The van der Waals surface area contributed by atoms with Crippen LogP contribution in [0, 0.1) is 0 Å². The van der Waals surface area contributed by atoms with Crippen molar-refractivity contribution in [3.63, 3.8) is 0 Å². The van der Waals surface area contributed by atoms with Crippen LogP contribution in [0.25, 0.3) is 43.1 Å². The molecule has 0 spiro atoms. The topological polar surface area (TPSA) is 275 Å². The molecule has 0 aromatic heterocycles. The molecule has 0 bridgehead atoms. The summed E-state index contributed by atoms with van der Waals surface area (Å²) in [4.78, 5) is 142. The fourth-order valence-electron chi connectivity index (χ4n) is 13.0. The number of amides is 6. The Kier molecular flexibility index (Phi) is 25.6. The molecule has 0 radical (unpaired) electrons. The van der Waals surface area contributed by atoms with Crippen molar-refractivity contribution >= 4 is 149 Å². The number of benzene rings is 9. The minimum atomic E-state index is -5.22. The molecule has 2 aliphatic heterocycles. The predicted molar refractivity (Wildman–Crippen MR) is 409 cm³/mol. The number of alkyl halides is 6. The maximum absolute atomic E-state index is 16.0. The van der Waals surface area contributed by atoms with Gasteiger partial charge in [-0.25, -0.2) is 19.2 Å². The number of hydrogen-bond donors (Lipinski definition) is 2. The molecule has 0 saturated heterocycles. The third-order valence-electron chi connectivity index (χ3n) is 18.1. The van der Waals surface area contributed by atoms with Crippen molar-refractivity contribution in [1.82, 2.24) is 20.4 Å². The van der Waals surface area contributed by atoms with E-state index in [1.54, 1.807) is 62.4 Å². The SMILES string of the molecule is C=C(Cl)C(=O)OCCc1ccc(Oc2cc3c4c(cc(Oc5ccc(CCOC(=O)C(=C)Cl)cc5)c5c6c(Oc7ccc(CCOC(=O)C(=C)Cl)cc7)cc7c8c(cc(Oc9ccc(CCOC(=O)C(=C)Cl)cc9)c(c2c45)c86)C(=O)N(C(CC(F)(F)F)C(=O)NCCC)C7=O)C(=O)N(C(CC(F)(F)F)C(=O)NCCC)C3=O)cc1. The standard InChI is InChI=1S/C82H66Cl4F6N4O18/c1-7-29-93-71(97)57(39-81(87,88)89)95-73(99)53-35-59(111-49-17-9-45(10-18-49)25-31-107-77(103)41(3)83)65-67-61(113-51-21-13-47(14-22-51)27-33-109-79(105)43(5)85)37-55-64-56(76(102)96(75(55)101)58(40-82(90,91)92)72(98)94-30-8-2)38-62(114-52-23-15-48(16-24-52)28-34-110-80(106)44(6)86)68(70(64)67)66-60(36-54(74(95)100)63(53)69(65)66)112-50-19-11-46(12-20-50)26-32-108-78(104)42(4)84/h9-24,35-38,57-58H,3-8,25-34,39-40H2,1-2H3,(H,93,97)(H,94,98). The second kappa shape index (κ2) is 35.1. The summed E-state index contributed by atoms with van der Waals surface area (Å²) in [6.07, 6.45) is -13.7. The van der Waals surface area contributed by atoms with Gasteiger partial charge in [-0.1, -0.05) is 135 Å². The van der Waals surface area contributed by atoms with E-state index in [1.807, 2.05) is 0 Å².